The summed E-state index contributed by atoms with van der Waals surface area (Å²) in [5.74, 6) is 1.79. The summed E-state index contributed by atoms with van der Waals surface area (Å²) >= 11 is 0. The molecule has 2 unspecified atom stereocenters. The second-order valence-corrected chi connectivity index (χ2v) is 7.12. The minimum Gasteiger partial charge on any atom is -0.394 e. The Morgan fingerprint density at radius 1 is 1.15 bits per heavy atom. The van der Waals surface area contributed by atoms with Crippen molar-refractivity contribution in [3.63, 3.8) is 0 Å². The molecule has 2 aliphatic rings. The number of aliphatic hydroxyl groups excluding tert-OH is 1. The minimum absolute atomic E-state index is 0.0523. The van der Waals surface area contributed by atoms with E-state index in [0.29, 0.717) is 17.8 Å². The van der Waals surface area contributed by atoms with Crippen molar-refractivity contribution in [2.45, 2.75) is 45.1 Å². The Labute approximate surface area is 122 Å². The standard InChI is InChI=1S/C18H27NO/c1-13(2)11-19-18(12-20)16-7-8-17(18)10-15-6-4-3-5-14(15)9-16/h3-6,13,16-17,19-20H,7-12H2,1-2H3. The number of benzene rings is 1. The summed E-state index contributed by atoms with van der Waals surface area (Å²) in [7, 11) is 0. The summed E-state index contributed by atoms with van der Waals surface area (Å²) in [6.45, 7) is 5.77. The lowest BCUT2D eigenvalue weighted by Crippen LogP contribution is -2.57. The van der Waals surface area contributed by atoms with Crippen LogP contribution in [0.3, 0.4) is 0 Å². The molecule has 0 saturated heterocycles. The van der Waals surface area contributed by atoms with Gasteiger partial charge in [-0.2, -0.15) is 0 Å². The van der Waals surface area contributed by atoms with Gasteiger partial charge in [-0.25, -0.2) is 0 Å². The Bertz CT molecular complexity index is 435. The van der Waals surface area contributed by atoms with E-state index in [-0.39, 0.29) is 12.1 Å². The highest BCUT2D eigenvalue weighted by molar-refractivity contribution is 5.32. The fourth-order valence-corrected chi connectivity index (χ4v) is 4.30. The first kappa shape index (κ1) is 14.1. The van der Waals surface area contributed by atoms with Gasteiger partial charge in [0.2, 0.25) is 0 Å². The highest BCUT2D eigenvalue weighted by Crippen LogP contribution is 2.47. The summed E-state index contributed by atoms with van der Waals surface area (Å²) in [6, 6.07) is 8.86. The molecule has 0 aliphatic heterocycles. The Hall–Kier alpha value is -0.860. The van der Waals surface area contributed by atoms with Crippen molar-refractivity contribution in [3.8, 4) is 0 Å². The minimum atomic E-state index is -0.0523. The second-order valence-electron chi connectivity index (χ2n) is 7.12. The smallest absolute Gasteiger partial charge is 0.0619 e. The van der Waals surface area contributed by atoms with E-state index < -0.39 is 0 Å². The van der Waals surface area contributed by atoms with Gasteiger partial charge in [-0.3, -0.25) is 0 Å². The van der Waals surface area contributed by atoms with Gasteiger partial charge < -0.3 is 10.4 Å². The number of aliphatic hydroxyl groups is 1. The lowest BCUT2D eigenvalue weighted by molar-refractivity contribution is 0.0860. The van der Waals surface area contributed by atoms with E-state index in [1.54, 1.807) is 0 Å². The van der Waals surface area contributed by atoms with Gasteiger partial charge in [0.15, 0.2) is 0 Å². The quantitative estimate of drug-likeness (QED) is 0.884. The summed E-state index contributed by atoms with van der Waals surface area (Å²) in [6.07, 6.45) is 4.76. The predicted molar refractivity (Wildman–Crippen MR) is 82.7 cm³/mol. The monoisotopic (exact) mass is 273 g/mol. The first-order valence-electron chi connectivity index (χ1n) is 8.08. The van der Waals surface area contributed by atoms with Gasteiger partial charge >= 0.3 is 0 Å². The lowest BCUT2D eigenvalue weighted by Gasteiger charge is -2.39. The number of hydrogen-bond acceptors (Lipinski definition) is 2. The molecule has 2 N–H and O–H groups in total. The maximum absolute atomic E-state index is 10.2. The zero-order chi connectivity index (χ0) is 14.2. The second kappa shape index (κ2) is 5.50. The fourth-order valence-electron chi connectivity index (χ4n) is 4.30. The van der Waals surface area contributed by atoms with Crippen LogP contribution in [0.1, 0.15) is 37.8 Å². The predicted octanol–water partition coefficient (Wildman–Crippen LogP) is 2.79. The van der Waals surface area contributed by atoms with Crippen molar-refractivity contribution in [3.05, 3.63) is 35.4 Å². The van der Waals surface area contributed by atoms with Crippen LogP contribution >= 0.6 is 0 Å². The number of fused-ring (bicyclic) bond motifs is 3. The van der Waals surface area contributed by atoms with Gasteiger partial charge in [-0.05, 0) is 61.1 Å². The van der Waals surface area contributed by atoms with E-state index in [0.717, 1.165) is 19.4 Å². The Morgan fingerprint density at radius 3 is 2.15 bits per heavy atom. The van der Waals surface area contributed by atoms with Gasteiger partial charge in [0, 0.05) is 5.54 Å². The van der Waals surface area contributed by atoms with Crippen molar-refractivity contribution in [2.75, 3.05) is 13.2 Å². The molecule has 20 heavy (non-hydrogen) atoms. The highest BCUT2D eigenvalue weighted by Gasteiger charge is 2.50. The first-order valence-corrected chi connectivity index (χ1v) is 8.08. The maximum atomic E-state index is 10.2. The molecule has 0 heterocycles. The number of rotatable bonds is 4. The molecule has 0 radical (unpaired) electrons. The first-order chi connectivity index (χ1) is 9.65. The lowest BCUT2D eigenvalue weighted by atomic mass is 9.79. The molecule has 2 atom stereocenters. The molecule has 2 aliphatic carbocycles. The summed E-state index contributed by atoms with van der Waals surface area (Å²) in [5, 5.41) is 13.9. The SMILES string of the molecule is CC(C)CNC1(CO)C2CCC1Cc1ccccc1C2. The molecular formula is C18H27NO. The molecule has 1 fully saturated rings. The van der Waals surface area contributed by atoms with Gasteiger partial charge in [0.05, 0.1) is 6.61 Å². The van der Waals surface area contributed by atoms with Crippen molar-refractivity contribution in [2.24, 2.45) is 17.8 Å². The Morgan fingerprint density at radius 2 is 1.70 bits per heavy atom. The van der Waals surface area contributed by atoms with Gasteiger partial charge in [0.1, 0.15) is 0 Å². The van der Waals surface area contributed by atoms with Gasteiger partial charge in [-0.1, -0.05) is 38.1 Å². The number of nitrogens with one attached hydrogen (secondary N) is 1. The third-order valence-corrected chi connectivity index (χ3v) is 5.47. The average Bonchev–Trinajstić information content (AvgIpc) is 2.68. The van der Waals surface area contributed by atoms with Crippen LogP contribution in [0.25, 0.3) is 0 Å². The van der Waals surface area contributed by atoms with Crippen molar-refractivity contribution in [1.29, 1.82) is 0 Å². The third-order valence-electron chi connectivity index (χ3n) is 5.47. The molecule has 2 heteroatoms. The van der Waals surface area contributed by atoms with Gasteiger partial charge in [0.25, 0.3) is 0 Å². The largest absolute Gasteiger partial charge is 0.394 e. The topological polar surface area (TPSA) is 32.3 Å². The molecule has 3 rings (SSSR count). The van der Waals surface area contributed by atoms with Crippen molar-refractivity contribution >= 4 is 0 Å². The molecular weight excluding hydrogens is 246 g/mol. The molecule has 2 nitrogen and oxygen atoms in total. The van der Waals surface area contributed by atoms with Crippen LogP contribution in [0.15, 0.2) is 24.3 Å². The molecule has 1 saturated carbocycles. The maximum Gasteiger partial charge on any atom is 0.0619 e. The van der Waals surface area contributed by atoms with E-state index in [9.17, 15) is 5.11 Å². The van der Waals surface area contributed by atoms with E-state index in [1.165, 1.54) is 24.0 Å². The van der Waals surface area contributed by atoms with E-state index >= 15 is 0 Å². The van der Waals surface area contributed by atoms with Crippen LogP contribution in [0.2, 0.25) is 0 Å². The van der Waals surface area contributed by atoms with Crippen LogP contribution in [0, 0.1) is 17.8 Å². The van der Waals surface area contributed by atoms with Crippen LogP contribution in [0.4, 0.5) is 0 Å². The Balaban J connectivity index is 1.90. The van der Waals surface area contributed by atoms with Gasteiger partial charge in [-0.15, -0.1) is 0 Å². The van der Waals surface area contributed by atoms with Crippen LogP contribution < -0.4 is 5.32 Å². The van der Waals surface area contributed by atoms with Crippen LogP contribution in [0.5, 0.6) is 0 Å². The van der Waals surface area contributed by atoms with Crippen molar-refractivity contribution in [1.82, 2.24) is 5.32 Å². The van der Waals surface area contributed by atoms with E-state index in [4.69, 9.17) is 0 Å². The molecule has 2 bridgehead atoms. The third kappa shape index (κ3) is 2.29. The molecule has 0 amide bonds. The van der Waals surface area contributed by atoms with Crippen LogP contribution in [-0.2, 0) is 12.8 Å². The molecule has 0 spiro atoms. The van der Waals surface area contributed by atoms with E-state index in [1.807, 2.05) is 0 Å². The fraction of sp³-hybridized carbons (Fsp3) is 0.667. The van der Waals surface area contributed by atoms with Crippen LogP contribution in [-0.4, -0.2) is 23.8 Å². The highest BCUT2D eigenvalue weighted by atomic mass is 16.3. The molecule has 1 aromatic carbocycles. The normalized spacial score (nSPS) is 32.2. The zero-order valence-corrected chi connectivity index (χ0v) is 12.7. The van der Waals surface area contributed by atoms with Crippen molar-refractivity contribution < 1.29 is 5.11 Å². The van der Waals surface area contributed by atoms with E-state index in [2.05, 4.69) is 43.4 Å². The summed E-state index contributed by atoms with van der Waals surface area (Å²) < 4.78 is 0. The molecule has 0 aromatic heterocycles. The summed E-state index contributed by atoms with van der Waals surface area (Å²) in [4.78, 5) is 0. The molecule has 1 aromatic rings. The Kier molecular flexibility index (Phi) is 3.87. The zero-order valence-electron chi connectivity index (χ0n) is 12.7. The molecule has 110 valence electrons. The summed E-state index contributed by atoms with van der Waals surface area (Å²) in [5.41, 5.74) is 2.95. The average molecular weight is 273 g/mol. The number of hydrogen-bond donors (Lipinski definition) is 2.